The lowest BCUT2D eigenvalue weighted by Crippen LogP contribution is -2.35. The molecule has 2 amide bonds. The van der Waals surface area contributed by atoms with Crippen molar-refractivity contribution in [1.82, 2.24) is 4.90 Å². The average molecular weight is 372 g/mol. The molecule has 1 aromatic carbocycles. The smallest absolute Gasteiger partial charge is 0.243 e. The van der Waals surface area contributed by atoms with Gasteiger partial charge in [-0.1, -0.05) is 18.2 Å². The predicted molar refractivity (Wildman–Crippen MR) is 105 cm³/mol. The summed E-state index contributed by atoms with van der Waals surface area (Å²) in [5.41, 5.74) is 2.73. The SMILES string of the molecule is Cc1ccc(C(=O)CCC(=O)N(C)CC(=O)Nc2c(C)cccc2C)s1. The van der Waals surface area contributed by atoms with Crippen LogP contribution in [0.1, 0.15) is 38.5 Å². The van der Waals surface area contributed by atoms with Crippen LogP contribution in [0, 0.1) is 20.8 Å². The Morgan fingerprint density at radius 1 is 1.00 bits per heavy atom. The molecule has 5 nitrogen and oxygen atoms in total. The maximum absolute atomic E-state index is 12.2. The molecule has 1 aromatic heterocycles. The van der Waals surface area contributed by atoms with E-state index in [1.54, 1.807) is 13.1 Å². The van der Waals surface area contributed by atoms with E-state index in [-0.39, 0.29) is 37.0 Å². The first kappa shape index (κ1) is 19.8. The summed E-state index contributed by atoms with van der Waals surface area (Å²) in [6.07, 6.45) is 0.255. The molecule has 6 heteroatoms. The van der Waals surface area contributed by atoms with Gasteiger partial charge in [0.05, 0.1) is 11.4 Å². The van der Waals surface area contributed by atoms with E-state index in [1.165, 1.54) is 16.2 Å². The number of aryl methyl sites for hydroxylation is 3. The number of amides is 2. The minimum absolute atomic E-state index is 0.0372. The van der Waals surface area contributed by atoms with Crippen molar-refractivity contribution in [2.45, 2.75) is 33.6 Å². The van der Waals surface area contributed by atoms with E-state index < -0.39 is 0 Å². The molecule has 1 N–H and O–H groups in total. The molecule has 2 rings (SSSR count). The number of nitrogens with one attached hydrogen (secondary N) is 1. The molecule has 0 spiro atoms. The number of likely N-dealkylation sites (N-methyl/N-ethyl adjacent to an activating group) is 1. The summed E-state index contributed by atoms with van der Waals surface area (Å²) in [5.74, 6) is -0.508. The van der Waals surface area contributed by atoms with Gasteiger partial charge in [-0.05, 0) is 44.0 Å². The molecule has 0 radical (unpaired) electrons. The van der Waals surface area contributed by atoms with Crippen LogP contribution < -0.4 is 5.32 Å². The van der Waals surface area contributed by atoms with Gasteiger partial charge in [-0.3, -0.25) is 14.4 Å². The van der Waals surface area contributed by atoms with Crippen molar-refractivity contribution < 1.29 is 14.4 Å². The lowest BCUT2D eigenvalue weighted by molar-refractivity contribution is -0.133. The lowest BCUT2D eigenvalue weighted by atomic mass is 10.1. The Kier molecular flexibility index (Phi) is 6.69. The average Bonchev–Trinajstić information content (AvgIpc) is 3.02. The second-order valence-corrected chi connectivity index (χ2v) is 7.69. The number of Topliss-reactive ketones (excluding diaryl/α,β-unsaturated/α-hetero) is 1. The van der Waals surface area contributed by atoms with Crippen LogP contribution in [-0.2, 0) is 9.59 Å². The normalized spacial score (nSPS) is 10.5. The summed E-state index contributed by atoms with van der Waals surface area (Å²) in [7, 11) is 1.58. The molecule has 26 heavy (non-hydrogen) atoms. The molecule has 0 unspecified atom stereocenters. The quantitative estimate of drug-likeness (QED) is 0.753. The van der Waals surface area contributed by atoms with Crippen molar-refractivity contribution in [1.29, 1.82) is 0 Å². The van der Waals surface area contributed by atoms with Crippen molar-refractivity contribution in [2.75, 3.05) is 18.9 Å². The van der Waals surface area contributed by atoms with E-state index in [9.17, 15) is 14.4 Å². The highest BCUT2D eigenvalue weighted by molar-refractivity contribution is 7.14. The summed E-state index contributed by atoms with van der Waals surface area (Å²) >= 11 is 1.43. The Morgan fingerprint density at radius 3 is 2.23 bits per heavy atom. The Hall–Kier alpha value is -2.47. The number of hydrogen-bond donors (Lipinski definition) is 1. The van der Waals surface area contributed by atoms with E-state index in [4.69, 9.17) is 0 Å². The molecule has 0 aliphatic rings. The Labute approximate surface area is 158 Å². The topological polar surface area (TPSA) is 66.5 Å². The van der Waals surface area contributed by atoms with E-state index in [0.717, 1.165) is 21.7 Å². The van der Waals surface area contributed by atoms with Gasteiger partial charge in [0.2, 0.25) is 11.8 Å². The number of rotatable bonds is 7. The van der Waals surface area contributed by atoms with Crippen LogP contribution in [-0.4, -0.2) is 36.1 Å². The molecule has 0 fully saturated rings. The summed E-state index contributed by atoms with van der Waals surface area (Å²) in [6, 6.07) is 9.46. The van der Waals surface area contributed by atoms with Gasteiger partial charge in [-0.25, -0.2) is 0 Å². The molecule has 0 bridgehead atoms. The number of carbonyl (C=O) groups is 3. The van der Waals surface area contributed by atoms with Crippen LogP contribution in [0.5, 0.6) is 0 Å². The first-order valence-electron chi connectivity index (χ1n) is 8.47. The van der Waals surface area contributed by atoms with Gasteiger partial charge in [-0.15, -0.1) is 11.3 Å². The Morgan fingerprint density at radius 2 is 1.65 bits per heavy atom. The van der Waals surface area contributed by atoms with Gasteiger partial charge in [0, 0.05) is 30.5 Å². The van der Waals surface area contributed by atoms with Crippen molar-refractivity contribution in [3.8, 4) is 0 Å². The summed E-state index contributed by atoms with van der Waals surface area (Å²) in [6.45, 7) is 5.75. The Balaban J connectivity index is 1.84. The van der Waals surface area contributed by atoms with Crippen molar-refractivity contribution in [2.24, 2.45) is 0 Å². The summed E-state index contributed by atoms with van der Waals surface area (Å²) in [5, 5.41) is 2.86. The van der Waals surface area contributed by atoms with E-state index in [2.05, 4.69) is 5.32 Å². The van der Waals surface area contributed by atoms with Crippen LogP contribution in [0.3, 0.4) is 0 Å². The molecule has 0 aliphatic heterocycles. The van der Waals surface area contributed by atoms with Gasteiger partial charge < -0.3 is 10.2 Å². The van der Waals surface area contributed by atoms with E-state index >= 15 is 0 Å². The standard InChI is InChI=1S/C20H24N2O3S/c1-13-6-5-7-14(2)20(13)21-18(24)12-22(4)19(25)11-9-16(23)17-10-8-15(3)26-17/h5-8,10H,9,11-12H2,1-4H3,(H,21,24). The van der Waals surface area contributed by atoms with Crippen LogP contribution >= 0.6 is 11.3 Å². The van der Waals surface area contributed by atoms with Crippen molar-refractivity contribution >= 4 is 34.6 Å². The van der Waals surface area contributed by atoms with Crippen LogP contribution in [0.2, 0.25) is 0 Å². The van der Waals surface area contributed by atoms with Gasteiger partial charge in [0.1, 0.15) is 0 Å². The minimum Gasteiger partial charge on any atom is -0.336 e. The summed E-state index contributed by atoms with van der Waals surface area (Å²) < 4.78 is 0. The third kappa shape index (κ3) is 5.26. The zero-order chi connectivity index (χ0) is 19.3. The summed E-state index contributed by atoms with van der Waals surface area (Å²) in [4.78, 5) is 39.6. The maximum Gasteiger partial charge on any atom is 0.243 e. The molecule has 0 saturated heterocycles. The zero-order valence-electron chi connectivity index (χ0n) is 15.6. The highest BCUT2D eigenvalue weighted by atomic mass is 32.1. The molecule has 138 valence electrons. The lowest BCUT2D eigenvalue weighted by Gasteiger charge is -2.18. The number of benzene rings is 1. The zero-order valence-corrected chi connectivity index (χ0v) is 16.4. The highest BCUT2D eigenvalue weighted by Crippen LogP contribution is 2.19. The number of anilines is 1. The molecule has 1 heterocycles. The van der Waals surface area contributed by atoms with E-state index in [0.29, 0.717) is 4.88 Å². The molecule has 0 atom stereocenters. The predicted octanol–water partition coefficient (Wildman–Crippen LogP) is 3.73. The van der Waals surface area contributed by atoms with Gasteiger partial charge in [0.25, 0.3) is 0 Å². The number of para-hydroxylation sites is 1. The second kappa shape index (κ2) is 8.76. The minimum atomic E-state index is -0.251. The number of hydrogen-bond acceptors (Lipinski definition) is 4. The monoisotopic (exact) mass is 372 g/mol. The molecular formula is C20H24N2O3S. The van der Waals surface area contributed by atoms with Gasteiger partial charge in [-0.2, -0.15) is 0 Å². The Bertz CT molecular complexity index is 806. The highest BCUT2D eigenvalue weighted by Gasteiger charge is 2.17. The van der Waals surface area contributed by atoms with Gasteiger partial charge in [0.15, 0.2) is 5.78 Å². The van der Waals surface area contributed by atoms with Crippen LogP contribution in [0.25, 0.3) is 0 Å². The molecule has 2 aromatic rings. The molecular weight excluding hydrogens is 348 g/mol. The molecule has 0 saturated carbocycles. The van der Waals surface area contributed by atoms with Gasteiger partial charge >= 0.3 is 0 Å². The van der Waals surface area contributed by atoms with Crippen molar-refractivity contribution in [3.05, 3.63) is 51.2 Å². The molecule has 0 aliphatic carbocycles. The van der Waals surface area contributed by atoms with E-state index in [1.807, 2.05) is 45.0 Å². The fourth-order valence-corrected chi connectivity index (χ4v) is 3.45. The third-order valence-corrected chi connectivity index (χ3v) is 5.17. The number of ketones is 1. The van der Waals surface area contributed by atoms with Crippen LogP contribution in [0.15, 0.2) is 30.3 Å². The maximum atomic E-state index is 12.2. The van der Waals surface area contributed by atoms with Crippen LogP contribution in [0.4, 0.5) is 5.69 Å². The number of thiophene rings is 1. The second-order valence-electron chi connectivity index (χ2n) is 6.40. The third-order valence-electron chi connectivity index (χ3n) is 4.13. The number of carbonyl (C=O) groups excluding carboxylic acids is 3. The fourth-order valence-electron chi connectivity index (χ4n) is 2.61. The first-order valence-corrected chi connectivity index (χ1v) is 9.29. The van der Waals surface area contributed by atoms with Crippen molar-refractivity contribution in [3.63, 3.8) is 0 Å². The first-order chi connectivity index (χ1) is 12.3. The fraction of sp³-hybridized carbons (Fsp3) is 0.350. The number of nitrogens with zero attached hydrogens (tertiary/aromatic N) is 1. The largest absolute Gasteiger partial charge is 0.336 e.